The van der Waals surface area contributed by atoms with Crippen LogP contribution in [-0.2, 0) is 10.2 Å². The van der Waals surface area contributed by atoms with Gasteiger partial charge in [0.2, 0.25) is 0 Å². The van der Waals surface area contributed by atoms with Crippen molar-refractivity contribution in [3.8, 4) is 0 Å². The second-order valence-electron chi connectivity index (χ2n) is 5.39. The lowest BCUT2D eigenvalue weighted by Crippen LogP contribution is -2.52. The Labute approximate surface area is 135 Å². The largest absolute Gasteiger partial charge is 0.329 e. The number of nitrogens with two attached hydrogens (primary N) is 1. The van der Waals surface area contributed by atoms with E-state index in [-0.39, 0.29) is 12.1 Å². The third-order valence-electron chi connectivity index (χ3n) is 3.85. The third kappa shape index (κ3) is 4.26. The Bertz CT molecular complexity index is 562. The van der Waals surface area contributed by atoms with Crippen molar-refractivity contribution in [2.24, 2.45) is 5.73 Å². The predicted octanol–water partition coefficient (Wildman–Crippen LogP) is 2.16. The molecule has 0 aliphatic carbocycles. The van der Waals surface area contributed by atoms with E-state index < -0.39 is 10.2 Å². The molecular formula is C14H22BrN3O2S. The van der Waals surface area contributed by atoms with Gasteiger partial charge >= 0.3 is 0 Å². The van der Waals surface area contributed by atoms with E-state index in [0.717, 1.165) is 29.3 Å². The molecule has 0 aromatic heterocycles. The maximum absolute atomic E-state index is 12.6. The van der Waals surface area contributed by atoms with Crippen molar-refractivity contribution in [1.82, 2.24) is 9.03 Å². The van der Waals surface area contributed by atoms with Crippen LogP contribution in [0.25, 0.3) is 0 Å². The van der Waals surface area contributed by atoms with Crippen molar-refractivity contribution in [3.63, 3.8) is 0 Å². The highest BCUT2D eigenvalue weighted by Crippen LogP contribution is 2.22. The van der Waals surface area contributed by atoms with E-state index in [9.17, 15) is 8.42 Å². The fraction of sp³-hybridized carbons (Fsp3) is 0.571. The predicted molar refractivity (Wildman–Crippen MR) is 88.0 cm³/mol. The molecule has 0 spiro atoms. The lowest BCUT2D eigenvalue weighted by atomic mass is 10.1. The molecule has 7 heteroatoms. The molecule has 0 radical (unpaired) electrons. The monoisotopic (exact) mass is 375 g/mol. The van der Waals surface area contributed by atoms with E-state index in [2.05, 4.69) is 20.7 Å². The Kier molecular flexibility index (Phi) is 5.79. The van der Waals surface area contributed by atoms with Gasteiger partial charge in [-0.1, -0.05) is 34.5 Å². The first-order chi connectivity index (χ1) is 9.94. The summed E-state index contributed by atoms with van der Waals surface area (Å²) in [5, 5.41) is 0. The Balaban J connectivity index is 2.10. The van der Waals surface area contributed by atoms with E-state index in [4.69, 9.17) is 5.73 Å². The van der Waals surface area contributed by atoms with E-state index in [0.29, 0.717) is 13.1 Å². The molecular weight excluding hydrogens is 354 g/mol. The van der Waals surface area contributed by atoms with Crippen LogP contribution in [0.1, 0.15) is 37.8 Å². The molecule has 1 heterocycles. The van der Waals surface area contributed by atoms with Gasteiger partial charge in [0, 0.05) is 29.6 Å². The lowest BCUT2D eigenvalue weighted by Gasteiger charge is -2.34. The molecule has 0 bridgehead atoms. The number of hydrogen-bond donors (Lipinski definition) is 2. The lowest BCUT2D eigenvalue weighted by molar-refractivity contribution is 0.253. The summed E-state index contributed by atoms with van der Waals surface area (Å²) in [5.74, 6) is 0. The van der Waals surface area contributed by atoms with Crippen LogP contribution >= 0.6 is 15.9 Å². The van der Waals surface area contributed by atoms with Crippen LogP contribution in [0.2, 0.25) is 0 Å². The molecule has 118 valence electrons. The van der Waals surface area contributed by atoms with Crippen LogP contribution in [0.15, 0.2) is 28.7 Å². The van der Waals surface area contributed by atoms with Gasteiger partial charge in [-0.25, -0.2) is 0 Å². The SMILES string of the molecule is CC(NS(=O)(=O)N1CCCCC1CN)c1ccc(Br)cc1. The zero-order chi connectivity index (χ0) is 15.5. The first-order valence-electron chi connectivity index (χ1n) is 7.18. The van der Waals surface area contributed by atoms with Crippen LogP contribution in [0.4, 0.5) is 0 Å². The Morgan fingerprint density at radius 3 is 2.67 bits per heavy atom. The number of nitrogens with zero attached hydrogens (tertiary/aromatic N) is 1. The highest BCUT2D eigenvalue weighted by molar-refractivity contribution is 9.10. The van der Waals surface area contributed by atoms with Gasteiger partial charge in [0.15, 0.2) is 0 Å². The topological polar surface area (TPSA) is 75.4 Å². The smallest absolute Gasteiger partial charge is 0.280 e. The highest BCUT2D eigenvalue weighted by Gasteiger charge is 2.32. The maximum Gasteiger partial charge on any atom is 0.280 e. The molecule has 5 nitrogen and oxygen atoms in total. The number of benzene rings is 1. The molecule has 1 aromatic rings. The van der Waals surface area contributed by atoms with E-state index >= 15 is 0 Å². The quantitative estimate of drug-likeness (QED) is 0.827. The normalized spacial score (nSPS) is 22.1. The summed E-state index contributed by atoms with van der Waals surface area (Å²) in [6.07, 6.45) is 2.77. The van der Waals surface area contributed by atoms with Crippen molar-refractivity contribution in [2.75, 3.05) is 13.1 Å². The van der Waals surface area contributed by atoms with Crippen molar-refractivity contribution in [2.45, 2.75) is 38.3 Å². The minimum Gasteiger partial charge on any atom is -0.329 e. The van der Waals surface area contributed by atoms with Gasteiger partial charge < -0.3 is 5.73 Å². The summed E-state index contributed by atoms with van der Waals surface area (Å²) < 4.78 is 30.4. The highest BCUT2D eigenvalue weighted by atomic mass is 79.9. The molecule has 0 amide bonds. The number of hydrogen-bond acceptors (Lipinski definition) is 3. The standard InChI is InChI=1S/C14H22BrN3O2S/c1-11(12-5-7-13(15)8-6-12)17-21(19,20)18-9-3-2-4-14(18)10-16/h5-8,11,14,17H,2-4,9-10,16H2,1H3. The molecule has 21 heavy (non-hydrogen) atoms. The zero-order valence-electron chi connectivity index (χ0n) is 12.1. The Hall–Kier alpha value is -0.470. The van der Waals surface area contributed by atoms with Gasteiger partial charge in [-0.15, -0.1) is 0 Å². The minimum absolute atomic E-state index is 0.0895. The average molecular weight is 376 g/mol. The first-order valence-corrected chi connectivity index (χ1v) is 9.42. The first kappa shape index (κ1) is 16.9. The van der Waals surface area contributed by atoms with Crippen molar-refractivity contribution >= 4 is 26.1 Å². The minimum atomic E-state index is -3.51. The van der Waals surface area contributed by atoms with Crippen molar-refractivity contribution < 1.29 is 8.42 Å². The molecule has 1 aliphatic rings. The zero-order valence-corrected chi connectivity index (χ0v) is 14.5. The summed E-state index contributed by atoms with van der Waals surface area (Å²) in [6.45, 7) is 2.76. The molecule has 3 N–H and O–H groups in total. The number of halogens is 1. The van der Waals surface area contributed by atoms with Crippen molar-refractivity contribution in [1.29, 1.82) is 0 Å². The van der Waals surface area contributed by atoms with Crippen molar-refractivity contribution in [3.05, 3.63) is 34.3 Å². The maximum atomic E-state index is 12.6. The van der Waals surface area contributed by atoms with E-state index in [1.807, 2.05) is 31.2 Å². The van der Waals surface area contributed by atoms with Gasteiger partial charge in [0.25, 0.3) is 10.2 Å². The van der Waals surface area contributed by atoms with Gasteiger partial charge in [-0.3, -0.25) is 0 Å². The van der Waals surface area contributed by atoms with Crippen LogP contribution in [0.5, 0.6) is 0 Å². The van der Waals surface area contributed by atoms with Gasteiger partial charge in [0.05, 0.1) is 0 Å². The molecule has 1 aliphatic heterocycles. The second kappa shape index (κ2) is 7.19. The summed E-state index contributed by atoms with van der Waals surface area (Å²) in [5.41, 5.74) is 6.64. The molecule has 0 saturated carbocycles. The molecule has 1 fully saturated rings. The van der Waals surface area contributed by atoms with Crippen LogP contribution < -0.4 is 10.5 Å². The molecule has 2 unspecified atom stereocenters. The Morgan fingerprint density at radius 2 is 2.05 bits per heavy atom. The number of rotatable bonds is 5. The fourth-order valence-electron chi connectivity index (χ4n) is 2.64. The number of piperidine rings is 1. The summed E-state index contributed by atoms with van der Waals surface area (Å²) >= 11 is 3.37. The van der Waals surface area contributed by atoms with Crippen LogP contribution in [0, 0.1) is 0 Å². The van der Waals surface area contributed by atoms with Gasteiger partial charge in [-0.05, 0) is 37.5 Å². The van der Waals surface area contributed by atoms with Crippen LogP contribution in [-0.4, -0.2) is 31.9 Å². The molecule has 1 saturated heterocycles. The fourth-order valence-corrected chi connectivity index (χ4v) is 4.57. The Morgan fingerprint density at radius 1 is 1.38 bits per heavy atom. The van der Waals surface area contributed by atoms with Crippen LogP contribution in [0.3, 0.4) is 0 Å². The number of nitrogens with one attached hydrogen (secondary N) is 1. The second-order valence-corrected chi connectivity index (χ2v) is 7.96. The van der Waals surface area contributed by atoms with E-state index in [1.54, 1.807) is 0 Å². The molecule has 1 aromatic carbocycles. The third-order valence-corrected chi connectivity index (χ3v) is 6.13. The molecule has 2 atom stereocenters. The average Bonchev–Trinajstić information content (AvgIpc) is 2.47. The summed E-state index contributed by atoms with van der Waals surface area (Å²) in [7, 11) is -3.51. The molecule has 2 rings (SSSR count). The summed E-state index contributed by atoms with van der Waals surface area (Å²) in [6, 6.07) is 7.27. The van der Waals surface area contributed by atoms with Gasteiger partial charge in [0.1, 0.15) is 0 Å². The van der Waals surface area contributed by atoms with Gasteiger partial charge in [-0.2, -0.15) is 17.4 Å². The van der Waals surface area contributed by atoms with E-state index in [1.165, 1.54) is 4.31 Å². The summed E-state index contributed by atoms with van der Waals surface area (Å²) in [4.78, 5) is 0.